The first kappa shape index (κ1) is 48.7. The molecule has 1 aliphatic rings. The molecule has 0 bridgehead atoms. The van der Waals surface area contributed by atoms with Crippen molar-refractivity contribution in [1.29, 1.82) is 0 Å². The lowest BCUT2D eigenvalue weighted by atomic mass is 10.00. The van der Waals surface area contributed by atoms with Gasteiger partial charge in [-0.2, -0.15) is 44.5 Å². The van der Waals surface area contributed by atoms with Gasteiger partial charge in [0.05, 0.1) is 28.3 Å². The maximum Gasteiger partial charge on any atom is 0.573 e. The molecule has 1 N–H and O–H groups in total. The Bertz CT molecular complexity index is 2140. The molecular weight excluding hydrogens is 856 g/mol. The smallest absolute Gasteiger partial charge is 0.473 e. The van der Waals surface area contributed by atoms with Crippen molar-refractivity contribution in [2.45, 2.75) is 72.0 Å². The van der Waals surface area contributed by atoms with Crippen LogP contribution in [-0.4, -0.2) is 62.7 Å². The number of alkyl halides is 12. The summed E-state index contributed by atoms with van der Waals surface area (Å²) in [7, 11) is 0. The number of thioether (sulfide) groups is 1. The highest BCUT2D eigenvalue weighted by Gasteiger charge is 2.56. The van der Waals surface area contributed by atoms with Crippen LogP contribution in [0.5, 0.6) is 17.2 Å². The maximum absolute atomic E-state index is 14.9. The summed E-state index contributed by atoms with van der Waals surface area (Å²) >= 11 is 0.460. The van der Waals surface area contributed by atoms with E-state index in [1.54, 1.807) is 0 Å². The zero-order chi connectivity index (χ0) is 45.4. The highest BCUT2D eigenvalue weighted by molar-refractivity contribution is 8.15. The number of halogens is 12. The number of nitrogens with zero attached hydrogens (tertiary/aromatic N) is 5. The molecule has 60 heavy (non-hydrogen) atoms. The number of rotatable bonds is 11. The number of hydrogen-bond acceptors (Lipinski definition) is 8. The highest BCUT2D eigenvalue weighted by atomic mass is 32.2. The van der Waals surface area contributed by atoms with Gasteiger partial charge in [-0.25, -0.2) is 14.5 Å². The van der Waals surface area contributed by atoms with Crippen molar-refractivity contribution in [3.8, 4) is 34.3 Å². The van der Waals surface area contributed by atoms with Gasteiger partial charge in [0.15, 0.2) is 17.7 Å². The van der Waals surface area contributed by atoms with Crippen molar-refractivity contribution in [3.05, 3.63) is 78.1 Å². The third kappa shape index (κ3) is 12.4. The fourth-order valence-electron chi connectivity index (χ4n) is 4.79. The largest absolute Gasteiger partial charge is 0.573 e. The summed E-state index contributed by atoms with van der Waals surface area (Å²) in [5, 5.41) is 5.31. The topological polar surface area (TPSA) is 120 Å². The number of amidine groups is 1. The molecule has 0 unspecified atom stereocenters. The molecule has 1 aromatic heterocycles. The van der Waals surface area contributed by atoms with Crippen LogP contribution in [0.3, 0.4) is 0 Å². The molecule has 11 nitrogen and oxygen atoms in total. The van der Waals surface area contributed by atoms with Crippen molar-refractivity contribution in [1.82, 2.24) is 20.1 Å². The number of urea groups is 1. The minimum absolute atomic E-state index is 0. The van der Waals surface area contributed by atoms with Gasteiger partial charge in [0.2, 0.25) is 5.91 Å². The summed E-state index contributed by atoms with van der Waals surface area (Å²) in [5.74, 6) is -13.8. The van der Waals surface area contributed by atoms with Crippen molar-refractivity contribution >= 4 is 34.6 Å². The van der Waals surface area contributed by atoms with Crippen molar-refractivity contribution in [2.24, 2.45) is 4.99 Å². The van der Waals surface area contributed by atoms with Gasteiger partial charge >= 0.3 is 36.5 Å². The SMILES string of the molecule is CC.CC.CC(F)(F)Oc1ccc(C(F)(F)C(C)(F)F)c(N2C(=O)CS/C2=N\C(=O)NCOc2ccc(-c3ncn(-c4ccc(OC(F)(F)F)cc4)n3)cc2C(F)(F)F)c1.[HH]. The van der Waals surface area contributed by atoms with E-state index in [1.807, 2.05) is 33.0 Å². The minimum atomic E-state index is -5.05. The molecule has 1 aliphatic heterocycles. The standard InChI is InChI=1S/C32H22F12N6O5S.2C2H6.H2/c1-28(33,34)30(37,38)20-9-8-19(54-29(2,35)36)12-22(20)50-24(51)13-56-27(50)47-26(52)46-15-53-23-10-3-16(11-21(23)31(39,40)41)25-45-14-49(48-25)17-4-6-18(7-5-17)55-32(42,43)44;2*1-2;/h3-12,14H,13,15H2,1-2H3,(H,46,52);2*1-2H3;1H/b47-27-;;;. The van der Waals surface area contributed by atoms with Gasteiger partial charge in [-0.1, -0.05) is 39.5 Å². The van der Waals surface area contributed by atoms with Gasteiger partial charge in [-0.15, -0.1) is 18.3 Å². The molecule has 2 heterocycles. The molecule has 3 amide bonds. The molecule has 0 spiro atoms. The molecule has 5 rings (SSSR count). The number of aliphatic imine (C=N–C) groups is 1. The first-order chi connectivity index (χ1) is 27.8. The Morgan fingerprint density at radius 1 is 0.833 bits per heavy atom. The predicted molar refractivity (Wildman–Crippen MR) is 197 cm³/mol. The van der Waals surface area contributed by atoms with Crippen LogP contribution in [-0.2, 0) is 16.9 Å². The number of hydrogen-bond donors (Lipinski definition) is 1. The van der Waals surface area contributed by atoms with Crippen LogP contribution in [0.4, 0.5) is 63.2 Å². The zero-order valence-corrected chi connectivity index (χ0v) is 32.8. The lowest BCUT2D eigenvalue weighted by Crippen LogP contribution is -2.39. The predicted octanol–water partition coefficient (Wildman–Crippen LogP) is 11.1. The highest BCUT2D eigenvalue weighted by Crippen LogP contribution is 2.48. The molecule has 1 saturated heterocycles. The van der Waals surface area contributed by atoms with E-state index in [1.165, 1.54) is 12.1 Å². The Labute approximate surface area is 339 Å². The molecule has 24 heteroatoms. The Kier molecular flexibility index (Phi) is 15.5. The van der Waals surface area contributed by atoms with Gasteiger partial charge in [0, 0.05) is 26.9 Å². The van der Waals surface area contributed by atoms with E-state index in [2.05, 4.69) is 24.5 Å². The van der Waals surface area contributed by atoms with E-state index in [4.69, 9.17) is 4.74 Å². The van der Waals surface area contributed by atoms with E-state index in [0.717, 1.165) is 35.3 Å². The fraction of sp³-hybridized carbons (Fsp3) is 0.361. The van der Waals surface area contributed by atoms with Crippen LogP contribution in [0.25, 0.3) is 17.1 Å². The van der Waals surface area contributed by atoms with Crippen LogP contribution in [0.2, 0.25) is 0 Å². The Morgan fingerprint density at radius 2 is 1.45 bits per heavy atom. The second-order valence-electron chi connectivity index (χ2n) is 11.5. The summed E-state index contributed by atoms with van der Waals surface area (Å²) in [4.78, 5) is 33.2. The number of aromatic nitrogens is 3. The van der Waals surface area contributed by atoms with Crippen molar-refractivity contribution in [3.63, 3.8) is 0 Å². The lowest BCUT2D eigenvalue weighted by Gasteiger charge is -2.29. The average Bonchev–Trinajstić information content (AvgIpc) is 3.78. The average molecular weight is 893 g/mol. The minimum Gasteiger partial charge on any atom is -0.473 e. The number of amides is 3. The van der Waals surface area contributed by atoms with Crippen LogP contribution in [0, 0.1) is 0 Å². The van der Waals surface area contributed by atoms with Crippen LogP contribution < -0.4 is 24.4 Å². The quantitative estimate of drug-likeness (QED) is 0.117. The summed E-state index contributed by atoms with van der Waals surface area (Å²) < 4.78 is 179. The van der Waals surface area contributed by atoms with Crippen LogP contribution in [0.15, 0.2) is 72.0 Å². The molecule has 4 aromatic rings. The third-order valence-corrected chi connectivity index (χ3v) is 8.10. The number of nitrogens with one attached hydrogen (secondary N) is 1. The number of benzene rings is 3. The van der Waals surface area contributed by atoms with E-state index in [-0.39, 0.29) is 25.4 Å². The van der Waals surface area contributed by atoms with E-state index >= 15 is 0 Å². The number of carbonyl (C=O) groups excluding carboxylic acids is 2. The summed E-state index contributed by atoms with van der Waals surface area (Å²) in [6, 6.07) is 6.81. The summed E-state index contributed by atoms with van der Waals surface area (Å²) in [6.07, 6.45) is -12.8. The van der Waals surface area contributed by atoms with Gasteiger partial charge in [0.25, 0.3) is 0 Å². The van der Waals surface area contributed by atoms with Gasteiger partial charge in [0.1, 0.15) is 23.6 Å². The molecule has 0 radical (unpaired) electrons. The van der Waals surface area contributed by atoms with E-state index in [9.17, 15) is 62.3 Å². The van der Waals surface area contributed by atoms with Gasteiger partial charge in [-0.05, 0) is 54.6 Å². The molecule has 0 saturated carbocycles. The third-order valence-electron chi connectivity index (χ3n) is 7.18. The second kappa shape index (κ2) is 19.1. The molecule has 330 valence electrons. The van der Waals surface area contributed by atoms with Crippen molar-refractivity contribution in [2.75, 3.05) is 17.4 Å². The van der Waals surface area contributed by atoms with E-state index in [0.29, 0.717) is 47.9 Å². The van der Waals surface area contributed by atoms with Gasteiger partial charge in [-0.3, -0.25) is 9.69 Å². The molecule has 3 aromatic carbocycles. The maximum atomic E-state index is 14.9. The lowest BCUT2D eigenvalue weighted by molar-refractivity contribution is -0.274. The molecule has 0 aliphatic carbocycles. The van der Waals surface area contributed by atoms with Crippen LogP contribution >= 0.6 is 11.8 Å². The first-order valence-electron chi connectivity index (χ1n) is 17.2. The fourth-order valence-corrected chi connectivity index (χ4v) is 5.65. The van der Waals surface area contributed by atoms with Gasteiger partial charge < -0.3 is 19.5 Å². The van der Waals surface area contributed by atoms with Crippen LogP contribution in [0.1, 0.15) is 54.1 Å². The molecule has 1 fully saturated rings. The molecular formula is C36H36F12N6O5S. The Balaban J connectivity index is 0.00000249. The Hall–Kier alpha value is -5.68. The zero-order valence-electron chi connectivity index (χ0n) is 32.0. The normalized spacial score (nSPS) is 14.2. The monoisotopic (exact) mass is 892 g/mol. The summed E-state index contributed by atoms with van der Waals surface area (Å²) in [5.41, 5.74) is -3.95. The number of anilines is 1. The molecule has 0 atom stereocenters. The van der Waals surface area contributed by atoms with Crippen molar-refractivity contribution < 1.29 is 77.9 Å². The number of ether oxygens (including phenoxy) is 3. The number of carbonyl (C=O) groups is 2. The second-order valence-corrected chi connectivity index (χ2v) is 12.4. The first-order valence-corrected chi connectivity index (χ1v) is 18.2. The Morgan fingerprint density at radius 3 is 2.02 bits per heavy atom. The summed E-state index contributed by atoms with van der Waals surface area (Å²) in [6.45, 7) is 7.16. The van der Waals surface area contributed by atoms with E-state index < -0.39 is 94.1 Å².